The third-order valence-electron chi connectivity index (χ3n) is 6.35. The number of hydrogen-bond acceptors (Lipinski definition) is 5. The van der Waals surface area contributed by atoms with Crippen LogP contribution in [0.3, 0.4) is 0 Å². The van der Waals surface area contributed by atoms with E-state index >= 15 is 0 Å². The molecule has 2 N–H and O–H groups in total. The predicted octanol–water partition coefficient (Wildman–Crippen LogP) is 5.04. The van der Waals surface area contributed by atoms with Crippen LogP contribution >= 0.6 is 11.3 Å². The van der Waals surface area contributed by atoms with E-state index in [-0.39, 0.29) is 17.9 Å². The Bertz CT molecular complexity index is 1200. The van der Waals surface area contributed by atoms with Crippen molar-refractivity contribution in [2.45, 2.75) is 65.6 Å². The van der Waals surface area contributed by atoms with Crippen LogP contribution in [0.15, 0.2) is 47.8 Å². The van der Waals surface area contributed by atoms with Crippen molar-refractivity contribution in [1.29, 1.82) is 0 Å². The van der Waals surface area contributed by atoms with Gasteiger partial charge in [0.25, 0.3) is 11.8 Å². The van der Waals surface area contributed by atoms with Gasteiger partial charge in [-0.3, -0.25) is 9.59 Å². The number of nitrogens with one attached hydrogen (secondary N) is 2. The summed E-state index contributed by atoms with van der Waals surface area (Å²) in [6, 6.07) is 14.3. The molecule has 0 unspecified atom stereocenters. The molecular weight excluding hydrogens is 468 g/mol. The van der Waals surface area contributed by atoms with Crippen LogP contribution in [-0.2, 0) is 19.5 Å². The fourth-order valence-electron chi connectivity index (χ4n) is 4.29. The molecule has 0 aliphatic heterocycles. The number of carbonyl (C=O) groups excluding carboxylic acids is 2. The number of benzene rings is 2. The number of amides is 2. The number of aromatic nitrogens is 1. The number of carbonyl (C=O) groups is 2. The van der Waals surface area contributed by atoms with Crippen LogP contribution in [0.5, 0.6) is 0 Å². The Balaban J connectivity index is 1.29. The molecule has 1 fully saturated rings. The Morgan fingerprint density at radius 2 is 1.83 bits per heavy atom. The lowest BCUT2D eigenvalue weighted by Gasteiger charge is -2.22. The number of rotatable bonds is 12. The van der Waals surface area contributed by atoms with Gasteiger partial charge in [0, 0.05) is 41.3 Å². The minimum absolute atomic E-state index is 0.0283. The minimum atomic E-state index is -0.142. The van der Waals surface area contributed by atoms with Gasteiger partial charge in [-0.05, 0) is 81.0 Å². The van der Waals surface area contributed by atoms with Gasteiger partial charge in [0.05, 0.1) is 6.54 Å². The van der Waals surface area contributed by atoms with Gasteiger partial charge in [0.15, 0.2) is 0 Å². The highest BCUT2D eigenvalue weighted by atomic mass is 32.1. The first-order valence-electron chi connectivity index (χ1n) is 12.8. The molecule has 0 radical (unpaired) electrons. The molecule has 2 amide bonds. The highest BCUT2D eigenvalue weighted by molar-refractivity contribution is 7.09. The van der Waals surface area contributed by atoms with E-state index in [0.29, 0.717) is 24.2 Å². The third-order valence-corrected chi connectivity index (χ3v) is 7.30. The largest absolute Gasteiger partial charge is 0.352 e. The maximum Gasteiger partial charge on any atom is 0.254 e. The zero-order valence-corrected chi connectivity index (χ0v) is 22.3. The molecule has 1 aliphatic carbocycles. The monoisotopic (exact) mass is 504 g/mol. The minimum Gasteiger partial charge on any atom is -0.352 e. The SMILES string of the molecule is CCc1cccc(CNCCCNC(=O)c2cc(C)cc(C(=O)N(Cc3nc(C)cs3)C3CC3)c2)c1. The standard InChI is InChI=1S/C29H36N4O2S/c1-4-22-7-5-8-23(15-22)17-30-11-6-12-31-28(34)24-13-20(2)14-25(16-24)29(35)33(26-9-10-26)18-27-32-21(3)19-36-27/h5,7-8,13-16,19,26,30H,4,6,9-12,17-18H2,1-3H3,(H,31,34). The number of hydrogen-bond donors (Lipinski definition) is 2. The van der Waals surface area contributed by atoms with Gasteiger partial charge in [-0.25, -0.2) is 4.98 Å². The summed E-state index contributed by atoms with van der Waals surface area (Å²) in [6.07, 6.45) is 3.91. The van der Waals surface area contributed by atoms with Crippen LogP contribution in [0.2, 0.25) is 0 Å². The molecule has 1 heterocycles. The summed E-state index contributed by atoms with van der Waals surface area (Å²) in [6.45, 7) is 8.80. The van der Waals surface area contributed by atoms with E-state index in [1.807, 2.05) is 36.3 Å². The fourth-order valence-corrected chi connectivity index (χ4v) is 5.06. The van der Waals surface area contributed by atoms with Crippen LogP contribution in [0, 0.1) is 13.8 Å². The van der Waals surface area contributed by atoms with E-state index in [4.69, 9.17) is 0 Å². The van der Waals surface area contributed by atoms with Gasteiger partial charge in [-0.15, -0.1) is 11.3 Å². The molecule has 1 saturated carbocycles. The Morgan fingerprint density at radius 1 is 1.06 bits per heavy atom. The summed E-state index contributed by atoms with van der Waals surface area (Å²) in [5.74, 6) is -0.170. The molecule has 2 aromatic carbocycles. The van der Waals surface area contributed by atoms with E-state index in [2.05, 4.69) is 46.8 Å². The van der Waals surface area contributed by atoms with E-state index in [9.17, 15) is 9.59 Å². The van der Waals surface area contributed by atoms with Gasteiger partial charge in [0.1, 0.15) is 5.01 Å². The van der Waals surface area contributed by atoms with Crippen molar-refractivity contribution in [3.8, 4) is 0 Å². The normalized spacial score (nSPS) is 13.0. The van der Waals surface area contributed by atoms with Crippen molar-refractivity contribution in [1.82, 2.24) is 20.5 Å². The molecule has 4 rings (SSSR count). The summed E-state index contributed by atoms with van der Waals surface area (Å²) in [7, 11) is 0. The maximum atomic E-state index is 13.4. The van der Waals surface area contributed by atoms with Gasteiger partial charge in [0.2, 0.25) is 0 Å². The smallest absolute Gasteiger partial charge is 0.254 e. The molecule has 6 nitrogen and oxygen atoms in total. The first kappa shape index (κ1) is 26.0. The molecule has 36 heavy (non-hydrogen) atoms. The van der Waals surface area contributed by atoms with Crippen molar-refractivity contribution in [2.75, 3.05) is 13.1 Å². The van der Waals surface area contributed by atoms with E-state index in [1.165, 1.54) is 11.1 Å². The Morgan fingerprint density at radius 3 is 2.56 bits per heavy atom. The van der Waals surface area contributed by atoms with Crippen LogP contribution in [0.1, 0.15) is 74.3 Å². The molecule has 1 aromatic heterocycles. The molecule has 0 atom stereocenters. The zero-order valence-electron chi connectivity index (χ0n) is 21.5. The summed E-state index contributed by atoms with van der Waals surface area (Å²) < 4.78 is 0. The number of aryl methyl sites for hydroxylation is 3. The summed E-state index contributed by atoms with van der Waals surface area (Å²) in [4.78, 5) is 32.7. The first-order valence-corrected chi connectivity index (χ1v) is 13.7. The Kier molecular flexibility index (Phi) is 8.88. The van der Waals surface area contributed by atoms with Crippen molar-refractivity contribution in [2.24, 2.45) is 0 Å². The van der Waals surface area contributed by atoms with Gasteiger partial charge >= 0.3 is 0 Å². The van der Waals surface area contributed by atoms with Crippen LogP contribution < -0.4 is 10.6 Å². The second kappa shape index (κ2) is 12.3. The van der Waals surface area contributed by atoms with Crippen molar-refractivity contribution in [3.05, 3.63) is 86.4 Å². The second-order valence-electron chi connectivity index (χ2n) is 9.59. The molecule has 0 spiro atoms. The molecule has 7 heteroatoms. The van der Waals surface area contributed by atoms with Gasteiger partial charge in [-0.2, -0.15) is 0 Å². The van der Waals surface area contributed by atoms with E-state index < -0.39 is 0 Å². The quantitative estimate of drug-likeness (QED) is 0.339. The fraction of sp³-hybridized carbons (Fsp3) is 0.414. The van der Waals surface area contributed by atoms with Crippen LogP contribution in [-0.4, -0.2) is 40.8 Å². The summed E-state index contributed by atoms with van der Waals surface area (Å²) in [5.41, 5.74) is 5.60. The zero-order chi connectivity index (χ0) is 25.5. The second-order valence-corrected chi connectivity index (χ2v) is 10.5. The van der Waals surface area contributed by atoms with Crippen molar-refractivity contribution in [3.63, 3.8) is 0 Å². The Hall–Kier alpha value is -3.03. The highest BCUT2D eigenvalue weighted by Gasteiger charge is 2.34. The van der Waals surface area contributed by atoms with Gasteiger partial charge in [-0.1, -0.05) is 31.2 Å². The topological polar surface area (TPSA) is 74.3 Å². The van der Waals surface area contributed by atoms with Gasteiger partial charge < -0.3 is 15.5 Å². The van der Waals surface area contributed by atoms with Crippen molar-refractivity contribution < 1.29 is 9.59 Å². The average Bonchev–Trinajstić information content (AvgIpc) is 3.64. The van der Waals surface area contributed by atoms with E-state index in [0.717, 1.165) is 55.0 Å². The highest BCUT2D eigenvalue weighted by Crippen LogP contribution is 2.30. The lowest BCUT2D eigenvalue weighted by Crippen LogP contribution is -2.33. The van der Waals surface area contributed by atoms with Crippen LogP contribution in [0.4, 0.5) is 0 Å². The lowest BCUT2D eigenvalue weighted by molar-refractivity contribution is 0.0729. The maximum absolute atomic E-state index is 13.4. The summed E-state index contributed by atoms with van der Waals surface area (Å²) >= 11 is 1.59. The molecular formula is C29H36N4O2S. The number of thiazole rings is 1. The molecule has 3 aromatic rings. The molecule has 190 valence electrons. The van der Waals surface area contributed by atoms with Crippen LogP contribution in [0.25, 0.3) is 0 Å². The summed E-state index contributed by atoms with van der Waals surface area (Å²) in [5, 5.41) is 9.41. The first-order chi connectivity index (χ1) is 17.4. The lowest BCUT2D eigenvalue weighted by atomic mass is 10.0. The Labute approximate surface area is 218 Å². The number of nitrogens with zero attached hydrogens (tertiary/aromatic N) is 2. The molecule has 0 saturated heterocycles. The van der Waals surface area contributed by atoms with E-state index in [1.54, 1.807) is 17.4 Å². The van der Waals surface area contributed by atoms with Crippen molar-refractivity contribution >= 4 is 23.2 Å². The average molecular weight is 505 g/mol. The third kappa shape index (κ3) is 7.24. The predicted molar refractivity (Wildman–Crippen MR) is 145 cm³/mol. The molecule has 0 bridgehead atoms. The molecule has 1 aliphatic rings.